The first-order chi connectivity index (χ1) is 12.9. The molecular formula is C19H24ClFN4O2. The molecule has 8 heteroatoms. The van der Waals surface area contributed by atoms with Crippen LogP contribution < -0.4 is 20.7 Å². The van der Waals surface area contributed by atoms with Crippen LogP contribution in [0.1, 0.15) is 26.2 Å². The Morgan fingerprint density at radius 1 is 1.44 bits per heavy atom. The lowest BCUT2D eigenvalue weighted by Crippen LogP contribution is -2.61. The Labute approximate surface area is 162 Å². The van der Waals surface area contributed by atoms with Crippen molar-refractivity contribution < 1.29 is 13.9 Å². The summed E-state index contributed by atoms with van der Waals surface area (Å²) in [5, 5.41) is 10.3. The summed E-state index contributed by atoms with van der Waals surface area (Å²) in [4.78, 5) is 16.7. The number of halogens is 2. The molecule has 4 aliphatic rings. The predicted octanol–water partition coefficient (Wildman–Crippen LogP) is 1.88. The Morgan fingerprint density at radius 3 is 3.00 bits per heavy atom. The summed E-state index contributed by atoms with van der Waals surface area (Å²) < 4.78 is 18.8. The summed E-state index contributed by atoms with van der Waals surface area (Å²) in [5.41, 5.74) is 1.17. The van der Waals surface area contributed by atoms with Gasteiger partial charge in [0.2, 0.25) is 0 Å². The molecule has 0 saturated heterocycles. The number of ether oxygens (including phenoxy) is 1. The van der Waals surface area contributed by atoms with Crippen LogP contribution >= 0.6 is 11.6 Å². The molecule has 1 heterocycles. The average Bonchev–Trinajstić information content (AvgIpc) is 3.11. The number of carbonyl (C=O) groups is 1. The van der Waals surface area contributed by atoms with Gasteiger partial charge in [-0.25, -0.2) is 4.39 Å². The van der Waals surface area contributed by atoms with Crippen molar-refractivity contribution in [3.63, 3.8) is 0 Å². The Balaban J connectivity index is 1.26. The van der Waals surface area contributed by atoms with E-state index in [0.29, 0.717) is 11.7 Å². The monoisotopic (exact) mass is 394 g/mol. The molecule has 2 atom stereocenters. The number of carbonyl (C=O) groups excluding carboxylic acids is 1. The van der Waals surface area contributed by atoms with E-state index in [0.717, 1.165) is 38.1 Å². The van der Waals surface area contributed by atoms with E-state index in [2.05, 4.69) is 20.9 Å². The van der Waals surface area contributed by atoms with Gasteiger partial charge in [-0.1, -0.05) is 11.6 Å². The van der Waals surface area contributed by atoms with Crippen molar-refractivity contribution >= 4 is 23.2 Å². The molecule has 27 heavy (non-hydrogen) atoms. The van der Waals surface area contributed by atoms with Gasteiger partial charge in [-0.2, -0.15) is 0 Å². The fourth-order valence-corrected chi connectivity index (χ4v) is 4.55. The summed E-state index contributed by atoms with van der Waals surface area (Å²) in [6, 6.07) is 4.29. The Hall–Kier alpha value is -1.70. The van der Waals surface area contributed by atoms with Gasteiger partial charge in [0.15, 0.2) is 6.61 Å². The molecule has 3 N–H and O–H groups in total. The molecular weight excluding hydrogens is 371 g/mol. The topological polar surface area (TPSA) is 74.8 Å². The quantitative estimate of drug-likeness (QED) is 0.688. The highest BCUT2D eigenvalue weighted by Gasteiger charge is 2.57. The molecule has 3 fully saturated rings. The third-order valence-electron chi connectivity index (χ3n) is 5.78. The second-order valence-corrected chi connectivity index (χ2v) is 8.15. The van der Waals surface area contributed by atoms with E-state index in [1.54, 1.807) is 6.07 Å². The average molecular weight is 395 g/mol. The maximum Gasteiger partial charge on any atom is 0.258 e. The third-order valence-corrected chi connectivity index (χ3v) is 6.09. The van der Waals surface area contributed by atoms with Crippen LogP contribution in [-0.4, -0.2) is 49.1 Å². The Kier molecular flexibility index (Phi) is 5.09. The van der Waals surface area contributed by atoms with E-state index in [1.807, 2.05) is 6.92 Å². The van der Waals surface area contributed by atoms with Crippen LogP contribution in [0.3, 0.4) is 0 Å². The van der Waals surface area contributed by atoms with Crippen LogP contribution in [0.4, 0.5) is 4.39 Å². The highest BCUT2D eigenvalue weighted by Crippen LogP contribution is 2.52. The second-order valence-electron chi connectivity index (χ2n) is 7.75. The molecule has 0 radical (unpaired) electrons. The summed E-state index contributed by atoms with van der Waals surface area (Å²) in [7, 11) is 0. The first kappa shape index (κ1) is 18.7. The highest BCUT2D eigenvalue weighted by molar-refractivity contribution is 6.30. The lowest BCUT2D eigenvalue weighted by atomic mass is 9.76. The van der Waals surface area contributed by atoms with Crippen molar-refractivity contribution in [1.29, 1.82) is 0 Å². The van der Waals surface area contributed by atoms with Crippen LogP contribution in [-0.2, 0) is 4.79 Å². The second kappa shape index (κ2) is 7.37. The van der Waals surface area contributed by atoms with E-state index in [-0.39, 0.29) is 35.3 Å². The van der Waals surface area contributed by atoms with Gasteiger partial charge < -0.3 is 10.1 Å². The Morgan fingerprint density at radius 2 is 2.26 bits per heavy atom. The van der Waals surface area contributed by atoms with Crippen molar-refractivity contribution in [2.24, 2.45) is 10.9 Å². The highest BCUT2D eigenvalue weighted by atomic mass is 35.5. The normalized spacial score (nSPS) is 31.8. The van der Waals surface area contributed by atoms with Crippen molar-refractivity contribution in [2.75, 3.05) is 19.7 Å². The van der Waals surface area contributed by atoms with Crippen molar-refractivity contribution in [3.8, 4) is 5.75 Å². The summed E-state index contributed by atoms with van der Waals surface area (Å²) in [6.45, 7) is 3.62. The van der Waals surface area contributed by atoms with Crippen LogP contribution in [0.25, 0.3) is 0 Å². The molecule has 0 spiro atoms. The van der Waals surface area contributed by atoms with E-state index in [9.17, 15) is 9.18 Å². The van der Waals surface area contributed by atoms with E-state index < -0.39 is 5.82 Å². The molecule has 3 saturated carbocycles. The van der Waals surface area contributed by atoms with Crippen molar-refractivity contribution in [3.05, 3.63) is 29.0 Å². The minimum atomic E-state index is -0.561. The smallest absolute Gasteiger partial charge is 0.258 e. The summed E-state index contributed by atoms with van der Waals surface area (Å²) >= 11 is 5.64. The number of nitrogens with one attached hydrogen (secondary N) is 3. The van der Waals surface area contributed by atoms with E-state index in [1.165, 1.54) is 12.1 Å². The molecule has 1 aromatic rings. The summed E-state index contributed by atoms with van der Waals surface area (Å²) in [6.07, 6.45) is 3.15. The molecule has 5 rings (SSSR count). The number of aliphatic imine (C=N–C) groups is 1. The maximum absolute atomic E-state index is 13.4. The zero-order valence-electron chi connectivity index (χ0n) is 15.2. The van der Waals surface area contributed by atoms with Gasteiger partial charge in [0, 0.05) is 29.9 Å². The molecule has 1 aromatic carbocycles. The van der Waals surface area contributed by atoms with Gasteiger partial charge in [-0.3, -0.25) is 20.4 Å². The van der Waals surface area contributed by atoms with Crippen molar-refractivity contribution in [1.82, 2.24) is 16.0 Å². The van der Waals surface area contributed by atoms with Crippen molar-refractivity contribution in [2.45, 2.75) is 43.9 Å². The molecule has 3 aliphatic carbocycles. The fourth-order valence-electron chi connectivity index (χ4n) is 4.43. The number of benzene rings is 1. The van der Waals surface area contributed by atoms with E-state index in [4.69, 9.17) is 16.3 Å². The van der Waals surface area contributed by atoms with Gasteiger partial charge in [0.1, 0.15) is 11.6 Å². The molecule has 2 unspecified atom stereocenters. The Bertz CT molecular complexity index is 766. The third kappa shape index (κ3) is 3.95. The minimum Gasteiger partial charge on any atom is -0.484 e. The molecule has 146 valence electrons. The zero-order valence-corrected chi connectivity index (χ0v) is 16.0. The first-order valence-corrected chi connectivity index (χ1v) is 9.71. The number of nitrogens with zero attached hydrogens (tertiary/aromatic N) is 1. The molecule has 1 aliphatic heterocycles. The molecule has 6 nitrogen and oxygen atoms in total. The van der Waals surface area contributed by atoms with Crippen LogP contribution in [0.5, 0.6) is 5.75 Å². The number of hydrogen-bond donors (Lipinski definition) is 3. The number of rotatable bonds is 6. The van der Waals surface area contributed by atoms with Gasteiger partial charge in [0.05, 0.1) is 17.7 Å². The van der Waals surface area contributed by atoms with E-state index >= 15 is 0 Å². The predicted molar refractivity (Wildman–Crippen MR) is 102 cm³/mol. The number of hydrogen-bond acceptors (Lipinski definition) is 5. The number of amides is 1. The SMILES string of the molecule is CC1=NCCNC1NC12CC(C1)C(NC(=O)COc1ccc(Cl)c(F)c1)C2. The maximum atomic E-state index is 13.4. The summed E-state index contributed by atoms with van der Waals surface area (Å²) in [5.74, 6) is 0.0373. The largest absolute Gasteiger partial charge is 0.484 e. The molecule has 1 amide bonds. The lowest BCUT2D eigenvalue weighted by Gasteiger charge is -2.43. The molecule has 2 bridgehead atoms. The van der Waals surface area contributed by atoms with Gasteiger partial charge >= 0.3 is 0 Å². The van der Waals surface area contributed by atoms with Gasteiger partial charge in [-0.05, 0) is 44.2 Å². The first-order valence-electron chi connectivity index (χ1n) is 9.33. The van der Waals surface area contributed by atoms with Crippen LogP contribution in [0, 0.1) is 11.7 Å². The fraction of sp³-hybridized carbons (Fsp3) is 0.579. The van der Waals surface area contributed by atoms with Crippen LogP contribution in [0.2, 0.25) is 5.02 Å². The van der Waals surface area contributed by atoms with Crippen LogP contribution in [0.15, 0.2) is 23.2 Å². The van der Waals surface area contributed by atoms with Gasteiger partial charge in [0.25, 0.3) is 5.91 Å². The lowest BCUT2D eigenvalue weighted by molar-refractivity contribution is -0.124. The molecule has 0 aromatic heterocycles. The minimum absolute atomic E-state index is 0.0306. The number of fused-ring (bicyclic) bond motifs is 1. The standard InChI is InChI=1S/C19H24ClFN4O2/c1-11-18(23-5-4-22-11)25-19-7-12(8-19)16(9-19)24-17(26)10-27-13-2-3-14(20)15(21)6-13/h2-3,6,12,16,18,23,25H,4-5,7-10H2,1H3,(H,24,26). The zero-order chi connectivity index (χ0) is 19.0. The van der Waals surface area contributed by atoms with Gasteiger partial charge in [-0.15, -0.1) is 0 Å².